The zero-order valence-electron chi connectivity index (χ0n) is 22.6. The molecular weight excluding hydrogens is 541 g/mol. The van der Waals surface area contributed by atoms with Gasteiger partial charge in [-0.25, -0.2) is 14.5 Å². The van der Waals surface area contributed by atoms with Crippen LogP contribution in [0.3, 0.4) is 0 Å². The number of amides is 1. The third-order valence-electron chi connectivity index (χ3n) is 6.06. The van der Waals surface area contributed by atoms with Gasteiger partial charge in [-0.2, -0.15) is 23.3 Å². The summed E-state index contributed by atoms with van der Waals surface area (Å²) in [7, 11) is 0. The summed E-state index contributed by atoms with van der Waals surface area (Å²) in [6.07, 6.45) is -3.67. The van der Waals surface area contributed by atoms with Crippen molar-refractivity contribution in [3.63, 3.8) is 0 Å². The van der Waals surface area contributed by atoms with Gasteiger partial charge in [0.25, 0.3) is 5.91 Å². The number of benzene rings is 2. The van der Waals surface area contributed by atoms with Crippen LogP contribution >= 0.6 is 0 Å². The number of carbonyl (C=O) groups excluding carboxylic acids is 1. The van der Waals surface area contributed by atoms with Crippen LogP contribution in [-0.4, -0.2) is 42.8 Å². The van der Waals surface area contributed by atoms with Crippen LogP contribution in [0.4, 0.5) is 24.8 Å². The lowest BCUT2D eigenvalue weighted by molar-refractivity contribution is -0.138. The van der Waals surface area contributed by atoms with Gasteiger partial charge < -0.3 is 20.5 Å². The average molecular weight is 569 g/mol. The van der Waals surface area contributed by atoms with Gasteiger partial charge in [0.15, 0.2) is 0 Å². The van der Waals surface area contributed by atoms with E-state index in [4.69, 9.17) is 10.5 Å². The Morgan fingerprint density at radius 3 is 2.34 bits per heavy atom. The Labute approximate surface area is 233 Å². The van der Waals surface area contributed by atoms with Crippen molar-refractivity contribution in [3.8, 4) is 11.6 Å². The Morgan fingerprint density at radius 1 is 1.10 bits per heavy atom. The number of halogens is 3. The Bertz CT molecular complexity index is 1600. The first kappa shape index (κ1) is 29.1. The van der Waals surface area contributed by atoms with E-state index in [1.165, 1.54) is 27.9 Å². The van der Waals surface area contributed by atoms with Crippen molar-refractivity contribution in [2.45, 2.75) is 46.5 Å². The maximum absolute atomic E-state index is 14.0. The number of nitrogens with two attached hydrogens (primary N) is 1. The van der Waals surface area contributed by atoms with Crippen LogP contribution in [0, 0.1) is 13.8 Å². The molecule has 1 amide bonds. The van der Waals surface area contributed by atoms with E-state index in [1.807, 2.05) is 6.92 Å². The summed E-state index contributed by atoms with van der Waals surface area (Å²) in [5.74, 6) is -2.41. The number of anilines is 2. The molecule has 2 aromatic carbocycles. The Kier molecular flexibility index (Phi) is 7.99. The smallest absolute Gasteiger partial charge is 0.421 e. The zero-order valence-corrected chi connectivity index (χ0v) is 22.6. The predicted molar refractivity (Wildman–Crippen MR) is 144 cm³/mol. The number of hydrogen-bond acceptors (Lipinski definition) is 7. The molecule has 4 aromatic rings. The van der Waals surface area contributed by atoms with Gasteiger partial charge in [0.2, 0.25) is 11.8 Å². The van der Waals surface area contributed by atoms with Gasteiger partial charge in [0.05, 0.1) is 17.8 Å². The number of ether oxygens (including phenoxy) is 1. The molecule has 13 heteroatoms. The molecule has 3 N–H and O–H groups in total. The van der Waals surface area contributed by atoms with Crippen molar-refractivity contribution < 1.29 is 32.6 Å². The highest BCUT2D eigenvalue weighted by Crippen LogP contribution is 2.38. The van der Waals surface area contributed by atoms with Crippen LogP contribution in [0.2, 0.25) is 0 Å². The average Bonchev–Trinajstić information content (AvgIpc) is 3.21. The van der Waals surface area contributed by atoms with E-state index >= 15 is 0 Å². The van der Waals surface area contributed by atoms with Crippen LogP contribution in [0.1, 0.15) is 57.1 Å². The number of carboxylic acid groups (broad SMARTS) is 1. The number of aromatic carboxylic acids is 1. The highest BCUT2D eigenvalue weighted by Gasteiger charge is 2.36. The van der Waals surface area contributed by atoms with E-state index < -0.39 is 35.5 Å². The third kappa shape index (κ3) is 6.45. The molecule has 10 nitrogen and oxygen atoms in total. The molecule has 0 atom stereocenters. The molecule has 0 bridgehead atoms. The first-order valence-corrected chi connectivity index (χ1v) is 12.4. The molecule has 0 spiro atoms. The molecule has 0 saturated carbocycles. The standard InChI is InChI=1S/C28H27F3N6O4/c1-15(2)37(25(38)19-7-5-16(3)6-8-19)23-10-9-20(12-21(23)26(39)40)41-24-22(28(29,30)31)11-18(13-33-24)14-36-27(32)34-17(4)35-36/h5-13,15H,14H2,1-4H3,(H,39,40)(H2,32,34,35). The Morgan fingerprint density at radius 2 is 1.78 bits per heavy atom. The number of nitrogen functional groups attached to an aromatic ring is 1. The van der Waals surface area contributed by atoms with Crippen LogP contribution < -0.4 is 15.4 Å². The second-order valence-electron chi connectivity index (χ2n) is 9.59. The van der Waals surface area contributed by atoms with Gasteiger partial charge in [-0.05, 0) is 69.7 Å². The van der Waals surface area contributed by atoms with Gasteiger partial charge >= 0.3 is 12.1 Å². The minimum atomic E-state index is -4.84. The van der Waals surface area contributed by atoms with Crippen LogP contribution in [0.25, 0.3) is 0 Å². The number of carboxylic acids is 1. The van der Waals surface area contributed by atoms with Gasteiger partial charge in [-0.15, -0.1) is 0 Å². The number of aromatic nitrogens is 4. The minimum Gasteiger partial charge on any atom is -0.478 e. The molecule has 4 rings (SSSR count). The summed E-state index contributed by atoms with van der Waals surface area (Å²) >= 11 is 0. The zero-order chi connectivity index (χ0) is 30.1. The summed E-state index contributed by atoms with van der Waals surface area (Å²) < 4.78 is 48.6. The molecule has 0 aliphatic rings. The summed E-state index contributed by atoms with van der Waals surface area (Å²) in [6, 6.07) is 10.9. The Hall–Kier alpha value is -4.94. The molecule has 214 valence electrons. The monoisotopic (exact) mass is 568 g/mol. The maximum Gasteiger partial charge on any atom is 0.421 e. The van der Waals surface area contributed by atoms with Crippen molar-refractivity contribution in [3.05, 3.63) is 88.4 Å². The molecule has 2 heterocycles. The van der Waals surface area contributed by atoms with Gasteiger partial charge in [-0.3, -0.25) is 4.79 Å². The maximum atomic E-state index is 14.0. The molecule has 2 aromatic heterocycles. The van der Waals surface area contributed by atoms with E-state index in [0.717, 1.165) is 17.7 Å². The van der Waals surface area contributed by atoms with Gasteiger partial charge in [0.1, 0.15) is 17.1 Å². The van der Waals surface area contributed by atoms with Crippen molar-refractivity contribution in [1.82, 2.24) is 19.7 Å². The van der Waals surface area contributed by atoms with Crippen LogP contribution in [-0.2, 0) is 12.7 Å². The molecule has 0 unspecified atom stereocenters. The number of carbonyl (C=O) groups is 2. The molecule has 0 aliphatic carbocycles. The summed E-state index contributed by atoms with van der Waals surface area (Å²) in [4.78, 5) is 34.6. The largest absolute Gasteiger partial charge is 0.478 e. The predicted octanol–water partition coefficient (Wildman–Crippen LogP) is 5.48. The van der Waals surface area contributed by atoms with Crippen LogP contribution in [0.15, 0.2) is 54.7 Å². The van der Waals surface area contributed by atoms with Crippen molar-refractivity contribution in [2.75, 3.05) is 10.6 Å². The number of pyridine rings is 1. The fraction of sp³-hybridized carbons (Fsp3) is 0.250. The fourth-order valence-corrected chi connectivity index (χ4v) is 4.16. The lowest BCUT2D eigenvalue weighted by Gasteiger charge is -2.28. The first-order chi connectivity index (χ1) is 19.2. The summed E-state index contributed by atoms with van der Waals surface area (Å²) in [5, 5.41) is 14.0. The molecular formula is C28H27F3N6O4. The first-order valence-electron chi connectivity index (χ1n) is 12.4. The molecule has 41 heavy (non-hydrogen) atoms. The second-order valence-corrected chi connectivity index (χ2v) is 9.59. The topological polar surface area (TPSA) is 136 Å². The highest BCUT2D eigenvalue weighted by molar-refractivity contribution is 6.09. The SMILES string of the molecule is Cc1ccc(C(=O)N(c2ccc(Oc3ncc(Cn4nc(C)nc4N)cc3C(F)(F)F)cc2C(=O)O)C(C)C)cc1. The lowest BCUT2D eigenvalue weighted by Crippen LogP contribution is -2.38. The van der Waals surface area contributed by atoms with Gasteiger partial charge in [-0.1, -0.05) is 17.7 Å². The second kappa shape index (κ2) is 11.3. The van der Waals surface area contributed by atoms with E-state index in [0.29, 0.717) is 11.4 Å². The molecule has 0 aliphatic heterocycles. The normalized spacial score (nSPS) is 11.5. The van der Waals surface area contributed by atoms with E-state index in [9.17, 15) is 27.9 Å². The number of rotatable bonds is 8. The number of aryl methyl sites for hydroxylation is 2. The molecule has 0 radical (unpaired) electrons. The lowest BCUT2D eigenvalue weighted by atomic mass is 10.1. The molecule has 0 saturated heterocycles. The van der Waals surface area contributed by atoms with E-state index in [-0.39, 0.29) is 35.1 Å². The number of hydrogen-bond donors (Lipinski definition) is 2. The van der Waals surface area contributed by atoms with Crippen LogP contribution in [0.5, 0.6) is 11.6 Å². The van der Waals surface area contributed by atoms with Gasteiger partial charge in [0, 0.05) is 17.8 Å². The van der Waals surface area contributed by atoms with E-state index in [1.54, 1.807) is 45.0 Å². The van der Waals surface area contributed by atoms with Crippen molar-refractivity contribution >= 4 is 23.5 Å². The summed E-state index contributed by atoms with van der Waals surface area (Å²) in [6.45, 7) is 6.80. The number of nitrogens with zero attached hydrogens (tertiary/aromatic N) is 5. The Balaban J connectivity index is 1.69. The summed E-state index contributed by atoms with van der Waals surface area (Å²) in [5.41, 5.74) is 5.73. The van der Waals surface area contributed by atoms with Crippen molar-refractivity contribution in [2.24, 2.45) is 0 Å². The third-order valence-corrected chi connectivity index (χ3v) is 6.06. The van der Waals surface area contributed by atoms with Crippen molar-refractivity contribution in [1.29, 1.82) is 0 Å². The highest BCUT2D eigenvalue weighted by atomic mass is 19.4. The van der Waals surface area contributed by atoms with E-state index in [2.05, 4.69) is 15.1 Å². The fourth-order valence-electron chi connectivity index (χ4n) is 4.16. The minimum absolute atomic E-state index is 0.0361. The quantitative estimate of drug-likeness (QED) is 0.285. The number of alkyl halides is 3. The molecule has 0 fully saturated rings.